The first-order chi connectivity index (χ1) is 9.27. The molecule has 20 heavy (non-hydrogen) atoms. The first-order valence-corrected chi connectivity index (χ1v) is 7.76. The number of primary sulfonamides is 1. The molecule has 0 spiro atoms. The van der Waals surface area contributed by atoms with Crippen LogP contribution in [0.4, 0.5) is 21.5 Å². The van der Waals surface area contributed by atoms with Crippen LogP contribution in [-0.2, 0) is 10.0 Å². The van der Waals surface area contributed by atoms with Gasteiger partial charge in [-0.05, 0) is 36.4 Å². The first kappa shape index (κ1) is 14.8. The van der Waals surface area contributed by atoms with Crippen LogP contribution in [0.15, 0.2) is 45.8 Å². The maximum atomic E-state index is 13.6. The van der Waals surface area contributed by atoms with Crippen LogP contribution in [0.3, 0.4) is 0 Å². The van der Waals surface area contributed by atoms with Crippen molar-refractivity contribution in [3.05, 3.63) is 46.7 Å². The number of benzene rings is 2. The van der Waals surface area contributed by atoms with Crippen molar-refractivity contribution in [1.29, 1.82) is 0 Å². The number of nitrogens with two attached hydrogens (primary N) is 2. The highest BCUT2D eigenvalue weighted by molar-refractivity contribution is 9.10. The topological polar surface area (TPSA) is 98.2 Å². The fourth-order valence-electron chi connectivity index (χ4n) is 1.63. The summed E-state index contributed by atoms with van der Waals surface area (Å²) in [6.07, 6.45) is 0. The van der Waals surface area contributed by atoms with Crippen molar-refractivity contribution in [2.75, 3.05) is 11.1 Å². The van der Waals surface area contributed by atoms with E-state index in [0.717, 1.165) is 0 Å². The van der Waals surface area contributed by atoms with E-state index in [9.17, 15) is 12.8 Å². The molecule has 5 nitrogen and oxygen atoms in total. The molecule has 0 aromatic heterocycles. The summed E-state index contributed by atoms with van der Waals surface area (Å²) in [5.41, 5.74) is 6.31. The van der Waals surface area contributed by atoms with Gasteiger partial charge in [0.2, 0.25) is 10.0 Å². The summed E-state index contributed by atoms with van der Waals surface area (Å²) in [5.74, 6) is -0.442. The largest absolute Gasteiger partial charge is 0.398 e. The van der Waals surface area contributed by atoms with E-state index in [-0.39, 0.29) is 16.3 Å². The van der Waals surface area contributed by atoms with Crippen molar-refractivity contribution >= 4 is 43.0 Å². The summed E-state index contributed by atoms with van der Waals surface area (Å²) in [6, 6.07) is 8.52. The Morgan fingerprint density at radius 1 is 1.15 bits per heavy atom. The Morgan fingerprint density at radius 2 is 1.85 bits per heavy atom. The summed E-state index contributed by atoms with van der Waals surface area (Å²) in [4.78, 5) is -0.169. The number of hydrogen-bond donors (Lipinski definition) is 3. The lowest BCUT2D eigenvalue weighted by Crippen LogP contribution is -2.14. The zero-order valence-corrected chi connectivity index (χ0v) is 12.5. The van der Waals surface area contributed by atoms with Gasteiger partial charge in [-0.2, -0.15) is 0 Å². The Bertz CT molecular complexity index is 765. The average Bonchev–Trinajstić information content (AvgIpc) is 2.32. The van der Waals surface area contributed by atoms with Gasteiger partial charge in [0.25, 0.3) is 0 Å². The lowest BCUT2D eigenvalue weighted by atomic mass is 10.2. The highest BCUT2D eigenvalue weighted by atomic mass is 79.9. The van der Waals surface area contributed by atoms with Crippen LogP contribution >= 0.6 is 15.9 Å². The van der Waals surface area contributed by atoms with Crippen LogP contribution in [0.25, 0.3) is 0 Å². The lowest BCUT2D eigenvalue weighted by Gasteiger charge is -2.10. The van der Waals surface area contributed by atoms with Crippen LogP contribution in [0.1, 0.15) is 0 Å². The van der Waals surface area contributed by atoms with Gasteiger partial charge in [0, 0.05) is 10.2 Å². The van der Waals surface area contributed by atoms with E-state index >= 15 is 0 Å². The van der Waals surface area contributed by atoms with Gasteiger partial charge in [-0.25, -0.2) is 17.9 Å². The van der Waals surface area contributed by atoms with Gasteiger partial charge in [-0.15, -0.1) is 0 Å². The van der Waals surface area contributed by atoms with Crippen LogP contribution in [0.5, 0.6) is 0 Å². The molecule has 0 bridgehead atoms. The molecular formula is C12H11BrFN3O2S. The molecule has 0 aliphatic rings. The van der Waals surface area contributed by atoms with Gasteiger partial charge in [-0.1, -0.05) is 15.9 Å². The molecule has 0 aliphatic carbocycles. The number of hydrogen-bond acceptors (Lipinski definition) is 4. The molecule has 0 radical (unpaired) electrons. The average molecular weight is 360 g/mol. The van der Waals surface area contributed by atoms with Crippen LogP contribution in [0.2, 0.25) is 0 Å². The Kier molecular flexibility index (Phi) is 3.98. The second-order valence-electron chi connectivity index (χ2n) is 4.05. The van der Waals surface area contributed by atoms with Crippen LogP contribution in [-0.4, -0.2) is 8.42 Å². The van der Waals surface area contributed by atoms with Gasteiger partial charge < -0.3 is 11.1 Å². The molecular weight excluding hydrogens is 349 g/mol. The molecule has 0 saturated heterocycles. The predicted molar refractivity (Wildman–Crippen MR) is 79.6 cm³/mol. The molecule has 0 amide bonds. The lowest BCUT2D eigenvalue weighted by molar-refractivity contribution is 0.598. The minimum atomic E-state index is -3.87. The molecule has 0 heterocycles. The third-order valence-corrected chi connectivity index (χ3v) is 4.00. The van der Waals surface area contributed by atoms with E-state index in [1.807, 2.05) is 0 Å². The SMILES string of the molecule is Nc1cc(Nc2cc(Br)ccc2F)ccc1S(N)(=O)=O. The fourth-order valence-corrected chi connectivity index (χ4v) is 2.64. The molecule has 0 fully saturated rings. The van der Waals surface area contributed by atoms with Crippen molar-refractivity contribution in [3.8, 4) is 0 Å². The van der Waals surface area contributed by atoms with Crippen molar-refractivity contribution < 1.29 is 12.8 Å². The second-order valence-corrected chi connectivity index (χ2v) is 6.49. The summed E-state index contributed by atoms with van der Waals surface area (Å²) in [6.45, 7) is 0. The number of nitrogen functional groups attached to an aromatic ring is 1. The molecule has 0 saturated carbocycles. The van der Waals surface area contributed by atoms with Gasteiger partial charge in [0.15, 0.2) is 0 Å². The monoisotopic (exact) mass is 359 g/mol. The van der Waals surface area contributed by atoms with E-state index in [1.54, 1.807) is 12.1 Å². The van der Waals surface area contributed by atoms with E-state index in [0.29, 0.717) is 10.2 Å². The van der Waals surface area contributed by atoms with Crippen LogP contribution in [0, 0.1) is 5.82 Å². The predicted octanol–water partition coefficient (Wildman–Crippen LogP) is 2.56. The van der Waals surface area contributed by atoms with Crippen molar-refractivity contribution in [2.24, 2.45) is 5.14 Å². The standard InChI is InChI=1S/C12H11BrFN3O2S/c13-7-1-3-9(14)11(5-7)17-8-2-4-12(10(15)6-8)20(16,18)19/h1-6,17H,15H2,(H2,16,18,19). The minimum Gasteiger partial charge on any atom is -0.398 e. The quantitative estimate of drug-likeness (QED) is 0.733. The minimum absolute atomic E-state index is 0.00657. The molecule has 2 aromatic carbocycles. The summed E-state index contributed by atoms with van der Waals surface area (Å²) in [7, 11) is -3.87. The van der Waals surface area contributed by atoms with Gasteiger partial charge in [0.05, 0.1) is 11.4 Å². The maximum Gasteiger partial charge on any atom is 0.240 e. The van der Waals surface area contributed by atoms with E-state index in [4.69, 9.17) is 10.9 Å². The van der Waals surface area contributed by atoms with E-state index < -0.39 is 15.8 Å². The van der Waals surface area contributed by atoms with Crippen LogP contribution < -0.4 is 16.2 Å². The summed E-state index contributed by atoms with van der Waals surface area (Å²) >= 11 is 3.23. The molecule has 0 unspecified atom stereocenters. The molecule has 5 N–H and O–H groups in total. The number of sulfonamides is 1. The van der Waals surface area contributed by atoms with Crippen molar-refractivity contribution in [1.82, 2.24) is 0 Å². The maximum absolute atomic E-state index is 13.6. The molecule has 2 rings (SSSR count). The Labute approximate surface area is 124 Å². The van der Waals surface area contributed by atoms with Crippen molar-refractivity contribution in [2.45, 2.75) is 4.90 Å². The first-order valence-electron chi connectivity index (χ1n) is 5.42. The molecule has 0 atom stereocenters. The van der Waals surface area contributed by atoms with Crippen molar-refractivity contribution in [3.63, 3.8) is 0 Å². The summed E-state index contributed by atoms with van der Waals surface area (Å²) < 4.78 is 36.8. The number of nitrogens with one attached hydrogen (secondary N) is 1. The van der Waals surface area contributed by atoms with E-state index in [1.165, 1.54) is 24.3 Å². The number of anilines is 3. The Hall–Kier alpha value is -1.64. The van der Waals surface area contributed by atoms with Gasteiger partial charge in [-0.3, -0.25) is 0 Å². The van der Waals surface area contributed by atoms with Gasteiger partial charge >= 0.3 is 0 Å². The number of halogens is 2. The second kappa shape index (κ2) is 5.39. The third kappa shape index (κ3) is 3.27. The molecule has 8 heteroatoms. The fraction of sp³-hybridized carbons (Fsp3) is 0. The number of rotatable bonds is 3. The Balaban J connectivity index is 2.36. The zero-order valence-electron chi connectivity index (χ0n) is 10.1. The Morgan fingerprint density at radius 3 is 2.45 bits per heavy atom. The molecule has 106 valence electrons. The highest BCUT2D eigenvalue weighted by Gasteiger charge is 2.12. The third-order valence-electron chi connectivity index (χ3n) is 2.52. The van der Waals surface area contributed by atoms with Gasteiger partial charge in [0.1, 0.15) is 10.7 Å². The smallest absolute Gasteiger partial charge is 0.240 e. The van der Waals surface area contributed by atoms with E-state index in [2.05, 4.69) is 21.2 Å². The normalized spacial score (nSPS) is 11.3. The highest BCUT2D eigenvalue weighted by Crippen LogP contribution is 2.27. The zero-order chi connectivity index (χ0) is 14.9. The summed E-state index contributed by atoms with van der Waals surface area (Å²) in [5, 5.41) is 7.82. The molecule has 2 aromatic rings. The molecule has 0 aliphatic heterocycles.